The molecule has 4 fully saturated rings. The monoisotopic (exact) mass is 328 g/mol. The minimum atomic E-state index is -0.424. The molecule has 0 unspecified atom stereocenters. The van der Waals surface area contributed by atoms with E-state index in [0.29, 0.717) is 22.4 Å². The summed E-state index contributed by atoms with van der Waals surface area (Å²) in [5.74, 6) is 0.775. The van der Waals surface area contributed by atoms with Gasteiger partial charge < -0.3 is 5.32 Å². The average molecular weight is 328 g/mol. The van der Waals surface area contributed by atoms with Crippen molar-refractivity contribution in [3.63, 3.8) is 0 Å². The van der Waals surface area contributed by atoms with Crippen molar-refractivity contribution in [2.45, 2.75) is 52.4 Å². The zero-order chi connectivity index (χ0) is 17.2. The van der Waals surface area contributed by atoms with E-state index in [4.69, 9.17) is 0 Å². The Morgan fingerprint density at radius 1 is 1.08 bits per heavy atom. The highest BCUT2D eigenvalue weighted by Gasteiger charge is 2.62. The molecule has 2 atom stereocenters. The maximum absolute atomic E-state index is 13.1. The summed E-state index contributed by atoms with van der Waals surface area (Å²) in [5.41, 5.74) is 1.02. The first-order valence-electron chi connectivity index (χ1n) is 8.77. The number of nitro benzene ring substituents is 1. The van der Waals surface area contributed by atoms with Gasteiger partial charge in [0.1, 0.15) is 0 Å². The number of anilines is 1. The summed E-state index contributed by atoms with van der Waals surface area (Å²) in [5, 5.41) is 13.8. The zero-order valence-corrected chi connectivity index (χ0v) is 14.3. The number of non-ortho nitro benzene ring substituents is 1. The maximum atomic E-state index is 13.1. The summed E-state index contributed by atoms with van der Waals surface area (Å²) < 4.78 is 0. The highest BCUT2D eigenvalue weighted by Crippen LogP contribution is 2.69. The molecule has 24 heavy (non-hydrogen) atoms. The van der Waals surface area contributed by atoms with Gasteiger partial charge in [-0.05, 0) is 67.4 Å². The summed E-state index contributed by atoms with van der Waals surface area (Å²) in [6, 6.07) is 6.13. The van der Waals surface area contributed by atoms with Crippen LogP contribution in [0.1, 0.15) is 52.4 Å². The molecule has 128 valence electrons. The molecule has 0 aliphatic heterocycles. The molecule has 0 heterocycles. The Morgan fingerprint density at radius 3 is 2.17 bits per heavy atom. The van der Waals surface area contributed by atoms with E-state index in [2.05, 4.69) is 19.2 Å². The number of nitrogens with one attached hydrogen (secondary N) is 1. The SMILES string of the molecule is C[C@]12CC3CC(C(=O)Nc4ccc([N+](=O)[O-])cc4)(C1)C[C@](C)(C3)C2. The molecule has 0 radical (unpaired) electrons. The second kappa shape index (κ2) is 4.80. The molecule has 4 bridgehead atoms. The van der Waals surface area contributed by atoms with Gasteiger partial charge in [-0.15, -0.1) is 0 Å². The second-order valence-electron chi connectivity index (χ2n) is 9.17. The van der Waals surface area contributed by atoms with Crippen molar-refractivity contribution in [2.24, 2.45) is 22.2 Å². The van der Waals surface area contributed by atoms with Gasteiger partial charge in [-0.2, -0.15) is 0 Å². The quantitative estimate of drug-likeness (QED) is 0.654. The van der Waals surface area contributed by atoms with Crippen LogP contribution < -0.4 is 5.32 Å². The summed E-state index contributed by atoms with van der Waals surface area (Å²) >= 11 is 0. The number of rotatable bonds is 3. The first-order chi connectivity index (χ1) is 11.2. The molecule has 4 aliphatic rings. The van der Waals surface area contributed by atoms with Crippen molar-refractivity contribution >= 4 is 17.3 Å². The van der Waals surface area contributed by atoms with Gasteiger partial charge in [0.05, 0.1) is 10.3 Å². The van der Waals surface area contributed by atoms with Crippen molar-refractivity contribution in [3.8, 4) is 0 Å². The summed E-state index contributed by atoms with van der Waals surface area (Å²) in [4.78, 5) is 23.5. The molecular formula is C19H24N2O3. The summed E-state index contributed by atoms with van der Waals surface area (Å²) in [7, 11) is 0. The molecule has 5 rings (SSSR count). The van der Waals surface area contributed by atoms with Gasteiger partial charge in [-0.1, -0.05) is 13.8 Å². The van der Waals surface area contributed by atoms with E-state index >= 15 is 0 Å². The number of hydrogen-bond acceptors (Lipinski definition) is 3. The van der Waals surface area contributed by atoms with E-state index in [0.717, 1.165) is 19.3 Å². The van der Waals surface area contributed by atoms with Gasteiger partial charge in [-0.25, -0.2) is 0 Å². The van der Waals surface area contributed by atoms with Crippen molar-refractivity contribution in [2.75, 3.05) is 5.32 Å². The first-order valence-corrected chi connectivity index (χ1v) is 8.77. The van der Waals surface area contributed by atoms with Gasteiger partial charge in [0.25, 0.3) is 5.69 Å². The van der Waals surface area contributed by atoms with Gasteiger partial charge >= 0.3 is 0 Å². The second-order valence-corrected chi connectivity index (χ2v) is 9.17. The molecule has 4 aliphatic carbocycles. The largest absolute Gasteiger partial charge is 0.326 e. The lowest BCUT2D eigenvalue weighted by atomic mass is 9.40. The van der Waals surface area contributed by atoms with Crippen LogP contribution in [0.2, 0.25) is 0 Å². The lowest BCUT2D eigenvalue weighted by Crippen LogP contribution is -2.58. The number of benzene rings is 1. The van der Waals surface area contributed by atoms with Crippen molar-refractivity contribution in [3.05, 3.63) is 34.4 Å². The van der Waals surface area contributed by atoms with E-state index in [9.17, 15) is 14.9 Å². The van der Waals surface area contributed by atoms with Crippen LogP contribution in [0.3, 0.4) is 0 Å². The van der Waals surface area contributed by atoms with E-state index < -0.39 is 4.92 Å². The van der Waals surface area contributed by atoms with Crippen LogP contribution in [0.5, 0.6) is 0 Å². The highest BCUT2D eigenvalue weighted by molar-refractivity contribution is 5.95. The third-order valence-electron chi connectivity index (χ3n) is 6.44. The lowest BCUT2D eigenvalue weighted by Gasteiger charge is -2.64. The van der Waals surface area contributed by atoms with E-state index in [1.807, 2.05) is 0 Å². The molecule has 5 nitrogen and oxygen atoms in total. The minimum Gasteiger partial charge on any atom is -0.326 e. The van der Waals surface area contributed by atoms with Crippen LogP contribution in [-0.4, -0.2) is 10.8 Å². The smallest absolute Gasteiger partial charge is 0.269 e. The fourth-order valence-electron chi connectivity index (χ4n) is 6.63. The van der Waals surface area contributed by atoms with Gasteiger partial charge in [0.15, 0.2) is 0 Å². The van der Waals surface area contributed by atoms with Crippen LogP contribution in [0.15, 0.2) is 24.3 Å². The molecule has 0 saturated heterocycles. The van der Waals surface area contributed by atoms with Crippen LogP contribution in [0.25, 0.3) is 0 Å². The Kier molecular flexibility index (Phi) is 3.12. The minimum absolute atomic E-state index is 0.0443. The Bertz CT molecular complexity index is 694. The Balaban J connectivity index is 1.57. The molecule has 4 saturated carbocycles. The van der Waals surface area contributed by atoms with Crippen molar-refractivity contribution in [1.29, 1.82) is 0 Å². The lowest BCUT2D eigenvalue weighted by molar-refractivity contribution is -0.384. The van der Waals surface area contributed by atoms with Crippen LogP contribution in [0.4, 0.5) is 11.4 Å². The normalized spacial score (nSPS) is 39.7. The Morgan fingerprint density at radius 2 is 1.67 bits per heavy atom. The van der Waals surface area contributed by atoms with E-state index in [1.165, 1.54) is 31.4 Å². The molecular weight excluding hydrogens is 304 g/mol. The van der Waals surface area contributed by atoms with Crippen LogP contribution in [0, 0.1) is 32.3 Å². The van der Waals surface area contributed by atoms with Crippen LogP contribution in [-0.2, 0) is 4.79 Å². The van der Waals surface area contributed by atoms with Crippen molar-refractivity contribution < 1.29 is 9.72 Å². The fourth-order valence-corrected chi connectivity index (χ4v) is 6.63. The van der Waals surface area contributed by atoms with Gasteiger partial charge in [0.2, 0.25) is 5.91 Å². The van der Waals surface area contributed by atoms with Gasteiger partial charge in [0, 0.05) is 17.8 Å². The molecule has 0 aromatic heterocycles. The molecule has 1 aromatic carbocycles. The summed E-state index contributed by atoms with van der Waals surface area (Å²) in [6.45, 7) is 4.70. The number of hydrogen-bond donors (Lipinski definition) is 1. The van der Waals surface area contributed by atoms with E-state index in [-0.39, 0.29) is 17.0 Å². The first kappa shape index (κ1) is 15.6. The predicted octanol–water partition coefficient (Wildman–Crippen LogP) is 4.53. The summed E-state index contributed by atoms with van der Waals surface area (Å²) in [6.07, 6.45) is 6.71. The molecule has 0 spiro atoms. The molecule has 1 N–H and O–H groups in total. The maximum Gasteiger partial charge on any atom is 0.269 e. The number of nitro groups is 1. The van der Waals surface area contributed by atoms with Crippen LogP contribution >= 0.6 is 0 Å². The number of carbonyl (C=O) groups is 1. The van der Waals surface area contributed by atoms with E-state index in [1.54, 1.807) is 12.1 Å². The fraction of sp³-hybridized carbons (Fsp3) is 0.632. The molecule has 1 aromatic rings. The molecule has 1 amide bonds. The number of carbonyl (C=O) groups excluding carboxylic acids is 1. The number of nitrogens with zero attached hydrogens (tertiary/aromatic N) is 1. The Hall–Kier alpha value is -1.91. The zero-order valence-electron chi connectivity index (χ0n) is 14.3. The Labute approximate surface area is 142 Å². The topological polar surface area (TPSA) is 72.2 Å². The number of amides is 1. The van der Waals surface area contributed by atoms with Crippen molar-refractivity contribution in [1.82, 2.24) is 0 Å². The standard InChI is InChI=1S/C19H24N2O3/c1-17-7-13-8-18(2,10-17)12-19(9-13,11-17)16(22)20-14-3-5-15(6-4-14)21(23)24/h3-6,13H,7-12H2,1-2H3,(H,20,22)/t13?,17-,18-,19?/m1/s1. The predicted molar refractivity (Wildman–Crippen MR) is 91.6 cm³/mol. The third kappa shape index (κ3) is 2.41. The average Bonchev–Trinajstić information content (AvgIpc) is 2.43. The van der Waals surface area contributed by atoms with Gasteiger partial charge in [-0.3, -0.25) is 14.9 Å². The third-order valence-corrected chi connectivity index (χ3v) is 6.44. The highest BCUT2D eigenvalue weighted by atomic mass is 16.6. The molecule has 5 heteroatoms.